The molecule has 7 heteroatoms. The highest BCUT2D eigenvalue weighted by Gasteiger charge is 2.25. The first kappa shape index (κ1) is 18.0. The zero-order chi connectivity index (χ0) is 19.7. The molecule has 0 atom stereocenters. The second-order valence-electron chi connectivity index (χ2n) is 6.75. The van der Waals surface area contributed by atoms with Gasteiger partial charge in [-0.15, -0.1) is 0 Å². The highest BCUT2D eigenvalue weighted by molar-refractivity contribution is 5.95. The Morgan fingerprint density at radius 1 is 1.00 bits per heavy atom. The summed E-state index contributed by atoms with van der Waals surface area (Å²) in [5.41, 5.74) is 2.53. The number of rotatable bonds is 3. The van der Waals surface area contributed by atoms with Gasteiger partial charge in [0.1, 0.15) is 11.5 Å². The second-order valence-corrected chi connectivity index (χ2v) is 6.75. The van der Waals surface area contributed by atoms with Gasteiger partial charge in [0, 0.05) is 31.7 Å². The maximum Gasteiger partial charge on any atom is 0.274 e. The number of carbonyl (C=O) groups excluding carboxylic acids is 2. The van der Waals surface area contributed by atoms with Crippen molar-refractivity contribution in [2.45, 2.75) is 6.92 Å². The van der Waals surface area contributed by atoms with Crippen LogP contribution in [-0.2, 0) is 0 Å². The molecule has 0 aliphatic carbocycles. The third kappa shape index (κ3) is 3.43. The molecule has 0 bridgehead atoms. The Bertz CT molecular complexity index is 1060. The van der Waals surface area contributed by atoms with E-state index in [2.05, 4.69) is 9.97 Å². The smallest absolute Gasteiger partial charge is 0.274 e. The summed E-state index contributed by atoms with van der Waals surface area (Å²) in [4.78, 5) is 36.4. The summed E-state index contributed by atoms with van der Waals surface area (Å²) >= 11 is 0. The molecule has 28 heavy (non-hydrogen) atoms. The van der Waals surface area contributed by atoms with Crippen LogP contribution in [0.4, 0.5) is 10.1 Å². The molecule has 0 spiro atoms. The normalized spacial score (nSPS) is 14.4. The predicted molar refractivity (Wildman–Crippen MR) is 104 cm³/mol. The molecule has 0 unspecified atom stereocenters. The Morgan fingerprint density at radius 3 is 2.39 bits per heavy atom. The maximum atomic E-state index is 14.4. The molecule has 0 radical (unpaired) electrons. The standard InChI is InChI=1S/C21H19FN4O2/c1-14(27)15-6-7-20(16(22)12-15)25-8-10-26(11-9-25)21(28)19-13-23-17-4-2-3-5-18(17)24-19/h2-7,12-13H,8-11H2,1H3. The van der Waals surface area contributed by atoms with E-state index in [0.29, 0.717) is 48.6 Å². The number of piperazine rings is 1. The van der Waals surface area contributed by atoms with Crippen molar-refractivity contribution in [2.24, 2.45) is 0 Å². The van der Waals surface area contributed by atoms with Crippen molar-refractivity contribution < 1.29 is 14.0 Å². The Labute approximate surface area is 161 Å². The number of para-hydroxylation sites is 2. The lowest BCUT2D eigenvalue weighted by Gasteiger charge is -2.36. The van der Waals surface area contributed by atoms with E-state index in [-0.39, 0.29) is 11.7 Å². The number of fused-ring (bicyclic) bond motifs is 1. The molecule has 0 N–H and O–H groups in total. The van der Waals surface area contributed by atoms with Gasteiger partial charge >= 0.3 is 0 Å². The maximum absolute atomic E-state index is 14.4. The molecule has 1 aliphatic rings. The van der Waals surface area contributed by atoms with Crippen LogP contribution in [0.5, 0.6) is 0 Å². The Kier molecular flexibility index (Phi) is 4.73. The van der Waals surface area contributed by atoms with Crippen LogP contribution in [0.2, 0.25) is 0 Å². The van der Waals surface area contributed by atoms with Crippen LogP contribution in [0.25, 0.3) is 11.0 Å². The zero-order valence-electron chi connectivity index (χ0n) is 15.4. The Balaban J connectivity index is 1.46. The molecule has 142 valence electrons. The zero-order valence-corrected chi connectivity index (χ0v) is 15.4. The largest absolute Gasteiger partial charge is 0.366 e. The lowest BCUT2D eigenvalue weighted by atomic mass is 10.1. The minimum absolute atomic E-state index is 0.169. The first-order valence-corrected chi connectivity index (χ1v) is 9.09. The summed E-state index contributed by atoms with van der Waals surface area (Å²) in [5, 5.41) is 0. The van der Waals surface area contributed by atoms with E-state index in [4.69, 9.17) is 0 Å². The van der Waals surface area contributed by atoms with Gasteiger partial charge in [-0.3, -0.25) is 14.6 Å². The number of Topliss-reactive ketones (excluding diaryl/α,β-unsaturated/α-hetero) is 1. The first-order valence-electron chi connectivity index (χ1n) is 9.09. The molecule has 2 heterocycles. The van der Waals surface area contributed by atoms with Crippen LogP contribution in [0.1, 0.15) is 27.8 Å². The lowest BCUT2D eigenvalue weighted by molar-refractivity contribution is 0.0740. The van der Waals surface area contributed by atoms with Crippen LogP contribution in [0, 0.1) is 5.82 Å². The molecule has 1 saturated heterocycles. The fourth-order valence-corrected chi connectivity index (χ4v) is 3.36. The molecule has 1 aliphatic heterocycles. The van der Waals surface area contributed by atoms with Crippen LogP contribution < -0.4 is 4.90 Å². The highest BCUT2D eigenvalue weighted by Crippen LogP contribution is 2.23. The molecule has 1 aromatic heterocycles. The Hall–Kier alpha value is -3.35. The van der Waals surface area contributed by atoms with Gasteiger partial charge in [0.05, 0.1) is 22.9 Å². The van der Waals surface area contributed by atoms with Crippen LogP contribution >= 0.6 is 0 Å². The molecule has 6 nitrogen and oxygen atoms in total. The van der Waals surface area contributed by atoms with E-state index >= 15 is 0 Å². The minimum atomic E-state index is -0.423. The van der Waals surface area contributed by atoms with E-state index in [1.807, 2.05) is 29.2 Å². The lowest BCUT2D eigenvalue weighted by Crippen LogP contribution is -2.49. The van der Waals surface area contributed by atoms with E-state index < -0.39 is 5.82 Å². The number of aromatic nitrogens is 2. The van der Waals surface area contributed by atoms with Crippen molar-refractivity contribution in [2.75, 3.05) is 31.1 Å². The van der Waals surface area contributed by atoms with Crippen LogP contribution in [0.15, 0.2) is 48.7 Å². The van der Waals surface area contributed by atoms with Crippen molar-refractivity contribution in [1.82, 2.24) is 14.9 Å². The number of carbonyl (C=O) groups is 2. The molecule has 1 amide bonds. The van der Waals surface area contributed by atoms with Crippen LogP contribution in [-0.4, -0.2) is 52.7 Å². The van der Waals surface area contributed by atoms with E-state index in [0.717, 1.165) is 5.52 Å². The average Bonchev–Trinajstić information content (AvgIpc) is 2.73. The van der Waals surface area contributed by atoms with Gasteiger partial charge < -0.3 is 9.80 Å². The van der Waals surface area contributed by atoms with Gasteiger partial charge in [0.2, 0.25) is 0 Å². The van der Waals surface area contributed by atoms with E-state index in [9.17, 15) is 14.0 Å². The number of ketones is 1. The molecule has 1 fully saturated rings. The molecule has 0 saturated carbocycles. The molecule has 3 aromatic rings. The molecular weight excluding hydrogens is 359 g/mol. The molecular formula is C21H19FN4O2. The number of hydrogen-bond acceptors (Lipinski definition) is 5. The fraction of sp³-hybridized carbons (Fsp3) is 0.238. The van der Waals surface area contributed by atoms with Crippen molar-refractivity contribution in [3.05, 3.63) is 65.7 Å². The van der Waals surface area contributed by atoms with Crippen molar-refractivity contribution in [3.63, 3.8) is 0 Å². The minimum Gasteiger partial charge on any atom is -0.366 e. The monoisotopic (exact) mass is 378 g/mol. The third-order valence-electron chi connectivity index (χ3n) is 4.93. The number of amides is 1. The summed E-state index contributed by atoms with van der Waals surface area (Å²) < 4.78 is 14.4. The van der Waals surface area contributed by atoms with E-state index in [1.54, 1.807) is 17.0 Å². The van der Waals surface area contributed by atoms with Gasteiger partial charge in [-0.05, 0) is 37.3 Å². The van der Waals surface area contributed by atoms with Crippen molar-refractivity contribution in [3.8, 4) is 0 Å². The quantitative estimate of drug-likeness (QED) is 0.656. The summed E-state index contributed by atoms with van der Waals surface area (Å²) in [5.74, 6) is -0.768. The second kappa shape index (κ2) is 7.34. The topological polar surface area (TPSA) is 66.4 Å². The van der Waals surface area contributed by atoms with Gasteiger partial charge in [-0.2, -0.15) is 0 Å². The summed E-state index contributed by atoms with van der Waals surface area (Å²) in [6, 6.07) is 11.9. The molecule has 4 rings (SSSR count). The van der Waals surface area contributed by atoms with Gasteiger partial charge in [0.15, 0.2) is 5.78 Å². The predicted octanol–water partition coefficient (Wildman–Crippen LogP) is 2.93. The van der Waals surface area contributed by atoms with Crippen molar-refractivity contribution in [1.29, 1.82) is 0 Å². The summed E-state index contributed by atoms with van der Waals surface area (Å²) in [7, 11) is 0. The number of nitrogens with zero attached hydrogens (tertiary/aromatic N) is 4. The highest BCUT2D eigenvalue weighted by atomic mass is 19.1. The Morgan fingerprint density at radius 2 is 1.71 bits per heavy atom. The first-order chi connectivity index (χ1) is 13.5. The fourth-order valence-electron chi connectivity index (χ4n) is 3.36. The third-order valence-corrected chi connectivity index (χ3v) is 4.93. The van der Waals surface area contributed by atoms with Crippen LogP contribution in [0.3, 0.4) is 0 Å². The number of hydrogen-bond donors (Lipinski definition) is 0. The van der Waals surface area contributed by atoms with Gasteiger partial charge in [0.25, 0.3) is 5.91 Å². The van der Waals surface area contributed by atoms with Gasteiger partial charge in [-0.25, -0.2) is 9.37 Å². The SMILES string of the molecule is CC(=O)c1ccc(N2CCN(C(=O)c3cnc4ccccc4n3)CC2)c(F)c1. The summed E-state index contributed by atoms with van der Waals surface area (Å²) in [6.07, 6.45) is 1.50. The molecule has 2 aromatic carbocycles. The van der Waals surface area contributed by atoms with Crippen molar-refractivity contribution >= 4 is 28.4 Å². The summed E-state index contributed by atoms with van der Waals surface area (Å²) in [6.45, 7) is 3.34. The van der Waals surface area contributed by atoms with E-state index in [1.165, 1.54) is 19.2 Å². The number of anilines is 1. The number of halogens is 1. The van der Waals surface area contributed by atoms with Gasteiger partial charge in [-0.1, -0.05) is 12.1 Å². The number of benzene rings is 2. The average molecular weight is 378 g/mol.